The maximum Gasteiger partial charge on any atom is 0.347 e. The Morgan fingerprint density at radius 1 is 1.05 bits per heavy atom. The minimum absolute atomic E-state index is 0.0817. The predicted molar refractivity (Wildman–Crippen MR) is 153 cm³/mol. The van der Waals surface area contributed by atoms with Crippen LogP contribution in [0.5, 0.6) is 0 Å². The van der Waals surface area contributed by atoms with E-state index in [1.807, 2.05) is 17.0 Å². The van der Waals surface area contributed by atoms with Gasteiger partial charge in [0.25, 0.3) is 5.89 Å². The number of benzene rings is 2. The summed E-state index contributed by atoms with van der Waals surface area (Å²) >= 11 is 0. The number of rotatable bonds is 7. The van der Waals surface area contributed by atoms with Gasteiger partial charge in [-0.15, -0.1) is 0 Å². The zero-order chi connectivity index (χ0) is 29.5. The fraction of sp³-hybridized carbons (Fsp3) is 0.452. The van der Waals surface area contributed by atoms with E-state index in [9.17, 15) is 18.5 Å². The molecular weight excluding hydrogens is 562 g/mol. The average molecular weight is 595 g/mol. The Labute approximate surface area is 243 Å². The van der Waals surface area contributed by atoms with Crippen LogP contribution in [0.1, 0.15) is 61.7 Å². The van der Waals surface area contributed by atoms with Crippen LogP contribution in [0.4, 0.5) is 14.5 Å². The van der Waals surface area contributed by atoms with Crippen LogP contribution < -0.4 is 10.2 Å². The number of oxazole rings is 1. The second-order valence-electron chi connectivity index (χ2n) is 11.5. The molecule has 3 fully saturated rings. The summed E-state index contributed by atoms with van der Waals surface area (Å²) < 4.78 is 61.2. The Kier molecular flexibility index (Phi) is 7.29. The van der Waals surface area contributed by atoms with Crippen molar-refractivity contribution in [2.45, 2.75) is 55.9 Å². The first kappa shape index (κ1) is 28.3. The summed E-state index contributed by atoms with van der Waals surface area (Å²) in [6, 6.07) is 16.8. The third-order valence-electron chi connectivity index (χ3n) is 8.67. The van der Waals surface area contributed by atoms with E-state index in [4.69, 9.17) is 4.42 Å². The van der Waals surface area contributed by atoms with Crippen molar-refractivity contribution in [3.63, 3.8) is 0 Å². The van der Waals surface area contributed by atoms with Gasteiger partial charge in [-0.1, -0.05) is 55.3 Å². The molecule has 2 atom stereocenters. The molecule has 2 saturated carbocycles. The maximum atomic E-state index is 15.7. The number of nitrogens with zero attached hydrogens (tertiary/aromatic N) is 3. The number of anilines is 1. The van der Waals surface area contributed by atoms with Crippen LogP contribution in [0.25, 0.3) is 11.3 Å². The molecule has 2 aromatic carbocycles. The monoisotopic (exact) mass is 594 g/mol. The van der Waals surface area contributed by atoms with E-state index < -0.39 is 39.0 Å². The lowest BCUT2D eigenvalue weighted by Crippen LogP contribution is -2.42. The highest BCUT2D eigenvalue weighted by Gasteiger charge is 2.48. The molecule has 1 saturated heterocycles. The molecule has 2 aliphatic carbocycles. The molecule has 0 spiro atoms. The van der Waals surface area contributed by atoms with Crippen molar-refractivity contribution in [1.29, 1.82) is 5.26 Å². The van der Waals surface area contributed by atoms with E-state index in [1.54, 1.807) is 18.2 Å². The van der Waals surface area contributed by atoms with Crippen LogP contribution in [-0.4, -0.2) is 49.4 Å². The van der Waals surface area contributed by atoms with Crippen molar-refractivity contribution >= 4 is 21.4 Å². The average Bonchev–Trinajstić information content (AvgIpc) is 3.63. The van der Waals surface area contributed by atoms with Gasteiger partial charge in [0.1, 0.15) is 17.0 Å². The number of nitrogens with one attached hydrogen (secondary N) is 1. The van der Waals surface area contributed by atoms with Crippen molar-refractivity contribution in [2.24, 2.45) is 5.92 Å². The second-order valence-corrected chi connectivity index (χ2v) is 13.8. The lowest BCUT2D eigenvalue weighted by atomic mass is 9.76. The SMILES string of the molecule is N#CC1(NC(=O)C2CCCCC2c2oc(C(F)(F)c3ccccc3)nc2-c2ccc(N3CCS(=O)(=O)CC3)cc2)CC1. The van der Waals surface area contributed by atoms with E-state index >= 15 is 8.78 Å². The number of nitriles is 1. The number of hydrogen-bond acceptors (Lipinski definition) is 7. The Balaban J connectivity index is 1.37. The van der Waals surface area contributed by atoms with Gasteiger partial charge in [0.05, 0.1) is 17.6 Å². The summed E-state index contributed by atoms with van der Waals surface area (Å²) in [5, 5.41) is 12.4. The Hall–Kier alpha value is -3.78. The van der Waals surface area contributed by atoms with Crippen LogP contribution in [-0.2, 0) is 20.6 Å². The summed E-state index contributed by atoms with van der Waals surface area (Å²) in [5.74, 6) is -5.10. The zero-order valence-corrected chi connectivity index (χ0v) is 23.9. The molecule has 3 aromatic rings. The van der Waals surface area contributed by atoms with Crippen molar-refractivity contribution in [3.8, 4) is 17.3 Å². The van der Waals surface area contributed by atoms with Gasteiger partial charge in [-0.25, -0.2) is 13.4 Å². The number of sulfone groups is 1. The van der Waals surface area contributed by atoms with Crippen molar-refractivity contribution < 1.29 is 26.4 Å². The van der Waals surface area contributed by atoms with Crippen molar-refractivity contribution in [2.75, 3.05) is 29.5 Å². The molecule has 6 rings (SSSR count). The molecule has 8 nitrogen and oxygen atoms in total. The second kappa shape index (κ2) is 10.8. The summed E-state index contributed by atoms with van der Waals surface area (Å²) in [7, 11) is -3.03. The van der Waals surface area contributed by atoms with Gasteiger partial charge in [0, 0.05) is 41.7 Å². The summed E-state index contributed by atoms with van der Waals surface area (Å²) in [4.78, 5) is 19.8. The molecule has 1 aliphatic heterocycles. The van der Waals surface area contributed by atoms with Crippen molar-refractivity contribution in [1.82, 2.24) is 10.3 Å². The standard InChI is InChI=1S/C31H32F2N4O4S/c32-31(33,22-6-2-1-3-7-22)29-35-26(21-10-12-23(13-11-21)37-16-18-42(39,40)19-17-37)27(41-29)24-8-4-5-9-25(24)28(38)36-30(20-34)14-15-30/h1-3,6-7,10-13,24-25H,4-5,8-9,14-19H2,(H,36,38). The fourth-order valence-electron chi connectivity index (χ4n) is 5.97. The zero-order valence-electron chi connectivity index (χ0n) is 23.1. The van der Waals surface area contributed by atoms with Gasteiger partial charge in [0.15, 0.2) is 9.84 Å². The molecule has 220 valence electrons. The first-order chi connectivity index (χ1) is 20.1. The van der Waals surface area contributed by atoms with Gasteiger partial charge >= 0.3 is 5.92 Å². The largest absolute Gasteiger partial charge is 0.439 e. The van der Waals surface area contributed by atoms with Crippen LogP contribution in [0.3, 0.4) is 0 Å². The molecule has 0 radical (unpaired) electrons. The molecule has 2 heterocycles. The topological polar surface area (TPSA) is 116 Å². The van der Waals surface area contributed by atoms with Crippen LogP contribution >= 0.6 is 0 Å². The van der Waals surface area contributed by atoms with Crippen LogP contribution in [0.15, 0.2) is 59.0 Å². The van der Waals surface area contributed by atoms with Gasteiger partial charge < -0.3 is 14.6 Å². The summed E-state index contributed by atoms with van der Waals surface area (Å²) in [5.41, 5.74) is 0.576. The van der Waals surface area contributed by atoms with Crippen LogP contribution in [0, 0.1) is 17.2 Å². The van der Waals surface area contributed by atoms with E-state index in [2.05, 4.69) is 16.4 Å². The number of hydrogen-bond donors (Lipinski definition) is 1. The third-order valence-corrected chi connectivity index (χ3v) is 10.3. The lowest BCUT2D eigenvalue weighted by Gasteiger charge is -2.30. The lowest BCUT2D eigenvalue weighted by molar-refractivity contribution is -0.127. The molecule has 11 heteroatoms. The predicted octanol–water partition coefficient (Wildman–Crippen LogP) is 5.16. The number of aromatic nitrogens is 1. The molecule has 3 aliphatic rings. The molecule has 1 amide bonds. The summed E-state index contributed by atoms with van der Waals surface area (Å²) in [6.07, 6.45) is 3.94. The van der Waals surface area contributed by atoms with Gasteiger partial charge in [-0.2, -0.15) is 14.0 Å². The number of alkyl halides is 2. The molecule has 1 N–H and O–H groups in total. The number of carbonyl (C=O) groups excluding carboxylic acids is 1. The Bertz CT molecular complexity index is 1600. The first-order valence-corrected chi connectivity index (χ1v) is 16.2. The first-order valence-electron chi connectivity index (χ1n) is 14.3. The summed E-state index contributed by atoms with van der Waals surface area (Å²) in [6.45, 7) is 0.765. The smallest absolute Gasteiger partial charge is 0.347 e. The van der Waals surface area contributed by atoms with E-state index in [-0.39, 0.29) is 34.4 Å². The molecular formula is C31H32F2N4O4S. The normalized spacial score (nSPS) is 23.1. The Morgan fingerprint density at radius 3 is 2.36 bits per heavy atom. The Morgan fingerprint density at radius 2 is 1.71 bits per heavy atom. The maximum absolute atomic E-state index is 15.7. The highest BCUT2D eigenvalue weighted by atomic mass is 32.2. The van der Waals surface area contributed by atoms with Crippen LogP contribution in [0.2, 0.25) is 0 Å². The highest BCUT2D eigenvalue weighted by Crippen LogP contribution is 2.46. The van der Waals surface area contributed by atoms with Gasteiger partial charge in [-0.3, -0.25) is 4.79 Å². The van der Waals surface area contributed by atoms with E-state index in [0.29, 0.717) is 44.3 Å². The minimum atomic E-state index is -3.50. The molecule has 2 unspecified atom stereocenters. The third kappa shape index (κ3) is 5.52. The van der Waals surface area contributed by atoms with Crippen molar-refractivity contribution in [3.05, 3.63) is 71.8 Å². The molecule has 42 heavy (non-hydrogen) atoms. The highest BCUT2D eigenvalue weighted by molar-refractivity contribution is 7.91. The quantitative estimate of drug-likeness (QED) is 0.402. The number of halogens is 2. The molecule has 0 bridgehead atoms. The molecule has 1 aromatic heterocycles. The number of amides is 1. The van der Waals surface area contributed by atoms with Gasteiger partial charge in [-0.05, 0) is 37.8 Å². The van der Waals surface area contributed by atoms with E-state index in [0.717, 1.165) is 18.5 Å². The number of carbonyl (C=O) groups is 1. The minimum Gasteiger partial charge on any atom is -0.439 e. The fourth-order valence-corrected chi connectivity index (χ4v) is 7.17. The van der Waals surface area contributed by atoms with Gasteiger partial charge in [0.2, 0.25) is 5.91 Å². The van der Waals surface area contributed by atoms with E-state index in [1.165, 1.54) is 24.3 Å².